The van der Waals surface area contributed by atoms with Crippen LogP contribution in [0, 0.1) is 11.8 Å². The highest BCUT2D eigenvalue weighted by molar-refractivity contribution is 5.74. The van der Waals surface area contributed by atoms with Gasteiger partial charge in [-0.1, -0.05) is 30.3 Å². The van der Waals surface area contributed by atoms with Crippen LogP contribution in [0.25, 0.3) is 0 Å². The summed E-state index contributed by atoms with van der Waals surface area (Å²) < 4.78 is 5.18. The van der Waals surface area contributed by atoms with Crippen molar-refractivity contribution in [1.29, 1.82) is 0 Å². The van der Waals surface area contributed by atoms with Crippen LogP contribution < -0.4 is 4.90 Å². The smallest absolute Gasteiger partial charge is 0.219 e. The van der Waals surface area contributed by atoms with Crippen molar-refractivity contribution in [1.82, 2.24) is 14.9 Å². The number of aromatic nitrogens is 2. The highest BCUT2D eigenvalue weighted by Gasteiger charge is 2.48. The van der Waals surface area contributed by atoms with Crippen LogP contribution in [-0.4, -0.2) is 47.5 Å². The molecule has 1 amide bonds. The predicted molar refractivity (Wildman–Crippen MR) is 98.5 cm³/mol. The van der Waals surface area contributed by atoms with Crippen LogP contribution in [0.4, 0.5) is 5.82 Å². The Labute approximate surface area is 153 Å². The first kappa shape index (κ1) is 17.0. The minimum absolute atomic E-state index is 0.143. The fourth-order valence-electron chi connectivity index (χ4n) is 4.42. The number of benzene rings is 1. The lowest BCUT2D eigenvalue weighted by molar-refractivity contribution is -0.130. The highest BCUT2D eigenvalue weighted by atomic mass is 16.5. The van der Waals surface area contributed by atoms with Gasteiger partial charge in [0, 0.05) is 51.6 Å². The minimum atomic E-state index is 0.143. The predicted octanol–water partition coefficient (Wildman–Crippen LogP) is 2.28. The molecule has 0 bridgehead atoms. The molecule has 3 heterocycles. The van der Waals surface area contributed by atoms with Gasteiger partial charge in [0.25, 0.3) is 0 Å². The van der Waals surface area contributed by atoms with E-state index in [4.69, 9.17) is 4.74 Å². The standard InChI is InChI=1S/C20H24N4O2/c1-14(25)24-10-16-9-23(19-8-17(12-26-2)21-13-22-19)11-18(16)20(24)15-6-4-3-5-7-15/h3-8,13,16,18,20H,9-12H2,1-2H3/t16-,18-,20+/m1/s1. The Morgan fingerprint density at radius 3 is 2.73 bits per heavy atom. The van der Waals surface area contributed by atoms with E-state index in [0.717, 1.165) is 31.1 Å². The van der Waals surface area contributed by atoms with Crippen LogP contribution in [0.1, 0.15) is 24.2 Å². The molecule has 26 heavy (non-hydrogen) atoms. The molecule has 4 rings (SSSR count). The second-order valence-corrected chi connectivity index (χ2v) is 7.16. The molecule has 1 aromatic carbocycles. The average Bonchev–Trinajstić information content (AvgIpc) is 3.21. The number of carbonyl (C=O) groups is 1. The van der Waals surface area contributed by atoms with Crippen molar-refractivity contribution in [3.8, 4) is 0 Å². The van der Waals surface area contributed by atoms with E-state index in [2.05, 4.69) is 39.1 Å². The fraction of sp³-hybridized carbons (Fsp3) is 0.450. The van der Waals surface area contributed by atoms with Crippen molar-refractivity contribution in [2.45, 2.75) is 19.6 Å². The monoisotopic (exact) mass is 352 g/mol. The van der Waals surface area contributed by atoms with Gasteiger partial charge in [0.05, 0.1) is 18.3 Å². The average molecular weight is 352 g/mol. The number of likely N-dealkylation sites (tertiary alicyclic amines) is 1. The number of amides is 1. The number of fused-ring (bicyclic) bond motifs is 1. The molecule has 6 heteroatoms. The van der Waals surface area contributed by atoms with E-state index in [1.54, 1.807) is 20.4 Å². The van der Waals surface area contributed by atoms with E-state index in [0.29, 0.717) is 18.4 Å². The Morgan fingerprint density at radius 1 is 1.19 bits per heavy atom. The Morgan fingerprint density at radius 2 is 2.00 bits per heavy atom. The first-order valence-corrected chi connectivity index (χ1v) is 9.04. The van der Waals surface area contributed by atoms with Gasteiger partial charge in [-0.3, -0.25) is 4.79 Å². The van der Waals surface area contributed by atoms with Crippen LogP contribution in [0.2, 0.25) is 0 Å². The highest BCUT2D eigenvalue weighted by Crippen LogP contribution is 2.45. The van der Waals surface area contributed by atoms with E-state index in [9.17, 15) is 4.79 Å². The molecular weight excluding hydrogens is 328 g/mol. The number of anilines is 1. The lowest BCUT2D eigenvalue weighted by Crippen LogP contribution is -2.34. The summed E-state index contributed by atoms with van der Waals surface area (Å²) in [7, 11) is 1.67. The van der Waals surface area contributed by atoms with Crippen molar-refractivity contribution >= 4 is 11.7 Å². The van der Waals surface area contributed by atoms with E-state index in [1.165, 1.54) is 5.56 Å². The molecule has 3 atom stereocenters. The summed E-state index contributed by atoms with van der Waals surface area (Å²) in [5.41, 5.74) is 2.11. The van der Waals surface area contributed by atoms with Gasteiger partial charge in [-0.15, -0.1) is 0 Å². The zero-order chi connectivity index (χ0) is 18.1. The molecule has 0 radical (unpaired) electrons. The molecule has 0 spiro atoms. The zero-order valence-corrected chi connectivity index (χ0v) is 15.2. The maximum Gasteiger partial charge on any atom is 0.219 e. The number of hydrogen-bond donors (Lipinski definition) is 0. The van der Waals surface area contributed by atoms with E-state index >= 15 is 0 Å². The Hall–Kier alpha value is -2.47. The largest absolute Gasteiger partial charge is 0.378 e. The van der Waals surface area contributed by atoms with Gasteiger partial charge in [-0.2, -0.15) is 0 Å². The Balaban J connectivity index is 1.59. The summed E-state index contributed by atoms with van der Waals surface area (Å²) in [6, 6.07) is 12.5. The lowest BCUT2D eigenvalue weighted by atomic mass is 9.89. The molecule has 0 unspecified atom stereocenters. The molecular formula is C20H24N4O2. The molecule has 2 aromatic rings. The lowest BCUT2D eigenvalue weighted by Gasteiger charge is -2.29. The third kappa shape index (κ3) is 3.05. The number of rotatable bonds is 4. The quantitative estimate of drug-likeness (QED) is 0.845. The summed E-state index contributed by atoms with van der Waals surface area (Å²) in [5.74, 6) is 1.99. The van der Waals surface area contributed by atoms with Gasteiger partial charge in [-0.05, 0) is 5.56 Å². The van der Waals surface area contributed by atoms with E-state index in [1.807, 2.05) is 17.0 Å². The molecule has 0 saturated carbocycles. The van der Waals surface area contributed by atoms with Crippen LogP contribution in [0.5, 0.6) is 0 Å². The van der Waals surface area contributed by atoms with Crippen molar-refractivity contribution in [2.24, 2.45) is 11.8 Å². The molecule has 6 nitrogen and oxygen atoms in total. The summed E-state index contributed by atoms with van der Waals surface area (Å²) in [6.45, 7) is 4.79. The number of nitrogens with zero attached hydrogens (tertiary/aromatic N) is 4. The third-order valence-corrected chi connectivity index (χ3v) is 5.54. The summed E-state index contributed by atoms with van der Waals surface area (Å²) in [4.78, 5) is 25.3. The van der Waals surface area contributed by atoms with Gasteiger partial charge in [0.15, 0.2) is 0 Å². The van der Waals surface area contributed by atoms with Gasteiger partial charge < -0.3 is 14.5 Å². The topological polar surface area (TPSA) is 58.6 Å². The molecule has 2 saturated heterocycles. The summed E-state index contributed by atoms with van der Waals surface area (Å²) in [5, 5.41) is 0. The molecule has 2 aliphatic rings. The molecule has 2 fully saturated rings. The minimum Gasteiger partial charge on any atom is -0.378 e. The second-order valence-electron chi connectivity index (χ2n) is 7.16. The summed E-state index contributed by atoms with van der Waals surface area (Å²) >= 11 is 0. The number of methoxy groups -OCH3 is 1. The van der Waals surface area contributed by atoms with E-state index < -0.39 is 0 Å². The SMILES string of the molecule is COCc1cc(N2C[C@@H]3CN(C(C)=O)[C@@H](c4ccccc4)[C@@H]3C2)ncn1. The van der Waals surface area contributed by atoms with Crippen LogP contribution in [0.3, 0.4) is 0 Å². The number of carbonyl (C=O) groups excluding carboxylic acids is 1. The zero-order valence-electron chi connectivity index (χ0n) is 15.2. The van der Waals surface area contributed by atoms with Crippen molar-refractivity contribution in [3.05, 3.63) is 54.0 Å². The van der Waals surface area contributed by atoms with Crippen molar-refractivity contribution < 1.29 is 9.53 Å². The molecule has 0 N–H and O–H groups in total. The maximum absolute atomic E-state index is 12.2. The first-order chi connectivity index (χ1) is 12.7. The normalized spacial score (nSPS) is 24.8. The summed E-state index contributed by atoms with van der Waals surface area (Å²) in [6.07, 6.45) is 1.61. The number of ether oxygens (including phenoxy) is 1. The van der Waals surface area contributed by atoms with Crippen LogP contribution in [-0.2, 0) is 16.1 Å². The van der Waals surface area contributed by atoms with Crippen molar-refractivity contribution in [3.63, 3.8) is 0 Å². The van der Waals surface area contributed by atoms with E-state index in [-0.39, 0.29) is 11.9 Å². The Bertz CT molecular complexity index is 782. The molecule has 1 aromatic heterocycles. The molecule has 0 aliphatic carbocycles. The van der Waals surface area contributed by atoms with Crippen LogP contribution >= 0.6 is 0 Å². The Kier molecular flexibility index (Phi) is 4.59. The number of hydrogen-bond acceptors (Lipinski definition) is 5. The van der Waals surface area contributed by atoms with Gasteiger partial charge >= 0.3 is 0 Å². The van der Waals surface area contributed by atoms with Crippen molar-refractivity contribution in [2.75, 3.05) is 31.6 Å². The molecule has 2 aliphatic heterocycles. The van der Waals surface area contributed by atoms with Gasteiger partial charge in [-0.25, -0.2) is 9.97 Å². The fourth-order valence-corrected chi connectivity index (χ4v) is 4.42. The maximum atomic E-state index is 12.2. The van der Waals surface area contributed by atoms with Crippen LogP contribution in [0.15, 0.2) is 42.7 Å². The third-order valence-electron chi connectivity index (χ3n) is 5.54. The first-order valence-electron chi connectivity index (χ1n) is 9.04. The molecule has 136 valence electrons. The second kappa shape index (κ2) is 7.03. The van der Waals surface area contributed by atoms with Gasteiger partial charge in [0.1, 0.15) is 12.1 Å². The van der Waals surface area contributed by atoms with Gasteiger partial charge in [0.2, 0.25) is 5.91 Å².